The predicted molar refractivity (Wildman–Crippen MR) is 117 cm³/mol. The second-order valence-corrected chi connectivity index (χ2v) is 10.1. The highest BCUT2D eigenvalue weighted by Crippen LogP contribution is 2.27. The molecular weight excluding hydrogens is 448 g/mol. The average Bonchev–Trinajstić information content (AvgIpc) is 2.70. The van der Waals surface area contributed by atoms with Crippen molar-refractivity contribution in [2.75, 3.05) is 16.6 Å². The number of hydrogen-bond acceptors (Lipinski definition) is 5. The summed E-state index contributed by atoms with van der Waals surface area (Å²) in [6.07, 6.45) is 0. The SMILES string of the molecule is COc1ccc(NS(=O)(=O)c2ccc(C)c(NS(=O)(=O)c3ccccc3Cl)c2)cc1. The molecule has 0 aliphatic heterocycles. The van der Waals surface area contributed by atoms with Gasteiger partial charge < -0.3 is 4.74 Å². The van der Waals surface area contributed by atoms with Crippen molar-refractivity contribution in [1.29, 1.82) is 0 Å². The van der Waals surface area contributed by atoms with Gasteiger partial charge in [-0.1, -0.05) is 29.8 Å². The van der Waals surface area contributed by atoms with Crippen LogP contribution in [0.5, 0.6) is 5.75 Å². The van der Waals surface area contributed by atoms with E-state index in [1.807, 2.05) is 0 Å². The lowest BCUT2D eigenvalue weighted by Gasteiger charge is -2.14. The maximum absolute atomic E-state index is 12.8. The monoisotopic (exact) mass is 466 g/mol. The lowest BCUT2D eigenvalue weighted by Crippen LogP contribution is -2.16. The molecular formula is C20H19ClN2O5S2. The zero-order chi connectivity index (χ0) is 21.9. The number of hydrogen-bond donors (Lipinski definition) is 2. The van der Waals surface area contributed by atoms with Crippen LogP contribution in [0.1, 0.15) is 5.56 Å². The van der Waals surface area contributed by atoms with Gasteiger partial charge in [0.05, 0.1) is 22.7 Å². The van der Waals surface area contributed by atoms with E-state index in [4.69, 9.17) is 16.3 Å². The zero-order valence-corrected chi connectivity index (χ0v) is 18.5. The molecule has 10 heteroatoms. The Morgan fingerprint density at radius 1 is 0.833 bits per heavy atom. The molecule has 0 bridgehead atoms. The van der Waals surface area contributed by atoms with E-state index in [-0.39, 0.29) is 20.5 Å². The Balaban J connectivity index is 1.91. The van der Waals surface area contributed by atoms with E-state index < -0.39 is 20.0 Å². The van der Waals surface area contributed by atoms with Crippen molar-refractivity contribution in [3.63, 3.8) is 0 Å². The number of rotatable bonds is 7. The molecule has 3 rings (SSSR count). The third-order valence-electron chi connectivity index (χ3n) is 4.23. The number of anilines is 2. The van der Waals surface area contributed by atoms with Crippen LogP contribution in [0, 0.1) is 6.92 Å². The highest BCUT2D eigenvalue weighted by atomic mass is 35.5. The molecule has 2 N–H and O–H groups in total. The van der Waals surface area contributed by atoms with Gasteiger partial charge in [0.25, 0.3) is 20.0 Å². The molecule has 0 fully saturated rings. The van der Waals surface area contributed by atoms with E-state index >= 15 is 0 Å². The lowest BCUT2D eigenvalue weighted by atomic mass is 10.2. The summed E-state index contributed by atoms with van der Waals surface area (Å²) in [7, 11) is -6.45. The highest BCUT2D eigenvalue weighted by Gasteiger charge is 2.21. The molecule has 0 aliphatic rings. The van der Waals surface area contributed by atoms with E-state index in [9.17, 15) is 16.8 Å². The second-order valence-electron chi connectivity index (χ2n) is 6.35. The van der Waals surface area contributed by atoms with E-state index in [1.165, 1.54) is 37.4 Å². The van der Waals surface area contributed by atoms with Gasteiger partial charge in [0.1, 0.15) is 10.6 Å². The van der Waals surface area contributed by atoms with Crippen molar-refractivity contribution >= 4 is 43.0 Å². The van der Waals surface area contributed by atoms with Crippen molar-refractivity contribution in [3.8, 4) is 5.75 Å². The van der Waals surface area contributed by atoms with Crippen LogP contribution in [-0.4, -0.2) is 23.9 Å². The first-order valence-corrected chi connectivity index (χ1v) is 12.0. The van der Waals surface area contributed by atoms with Crippen molar-refractivity contribution in [1.82, 2.24) is 0 Å². The first-order valence-electron chi connectivity index (χ1n) is 8.67. The molecule has 0 saturated carbocycles. The summed E-state index contributed by atoms with van der Waals surface area (Å²) < 4.78 is 60.9. The maximum atomic E-state index is 12.8. The molecule has 0 atom stereocenters. The third-order valence-corrected chi connectivity index (χ3v) is 7.48. The van der Waals surface area contributed by atoms with E-state index in [0.29, 0.717) is 17.0 Å². The average molecular weight is 467 g/mol. The van der Waals surface area contributed by atoms with Crippen LogP contribution < -0.4 is 14.2 Å². The van der Waals surface area contributed by atoms with Crippen LogP contribution in [0.15, 0.2) is 76.5 Å². The largest absolute Gasteiger partial charge is 0.497 e. The minimum Gasteiger partial charge on any atom is -0.497 e. The van der Waals surface area contributed by atoms with Gasteiger partial charge in [0.15, 0.2) is 0 Å². The molecule has 0 unspecified atom stereocenters. The smallest absolute Gasteiger partial charge is 0.263 e. The summed E-state index contributed by atoms with van der Waals surface area (Å²) in [6, 6.07) is 16.5. The summed E-state index contributed by atoms with van der Waals surface area (Å²) in [5.74, 6) is 0.588. The normalized spacial score (nSPS) is 11.7. The molecule has 0 heterocycles. The Morgan fingerprint density at radius 3 is 2.13 bits per heavy atom. The van der Waals surface area contributed by atoms with Gasteiger partial charge in [-0.3, -0.25) is 9.44 Å². The predicted octanol–water partition coefficient (Wildman–Crippen LogP) is 4.26. The fraction of sp³-hybridized carbons (Fsp3) is 0.100. The molecule has 0 radical (unpaired) electrons. The molecule has 0 aromatic heterocycles. The molecule has 30 heavy (non-hydrogen) atoms. The number of ether oxygens (including phenoxy) is 1. The van der Waals surface area contributed by atoms with Crippen molar-refractivity contribution in [3.05, 3.63) is 77.3 Å². The number of benzene rings is 3. The minimum atomic E-state index is -4.01. The van der Waals surface area contributed by atoms with Crippen LogP contribution in [0.25, 0.3) is 0 Å². The van der Waals surface area contributed by atoms with E-state index in [1.54, 1.807) is 43.3 Å². The quantitative estimate of drug-likeness (QED) is 0.541. The first-order chi connectivity index (χ1) is 14.1. The van der Waals surface area contributed by atoms with Crippen molar-refractivity contribution < 1.29 is 21.6 Å². The number of methoxy groups -OCH3 is 1. The fourth-order valence-electron chi connectivity index (χ4n) is 2.61. The van der Waals surface area contributed by atoms with Gasteiger partial charge in [-0.05, 0) is 61.0 Å². The molecule has 0 saturated heterocycles. The molecule has 0 aliphatic carbocycles. The van der Waals surface area contributed by atoms with Crippen molar-refractivity contribution in [2.24, 2.45) is 0 Å². The molecule has 7 nitrogen and oxygen atoms in total. The van der Waals surface area contributed by atoms with Gasteiger partial charge in [-0.15, -0.1) is 0 Å². The Kier molecular flexibility index (Phi) is 6.25. The number of nitrogens with one attached hydrogen (secondary N) is 2. The molecule has 3 aromatic rings. The molecule has 0 amide bonds. The maximum Gasteiger partial charge on any atom is 0.263 e. The summed E-state index contributed by atoms with van der Waals surface area (Å²) in [5, 5.41) is 0.0626. The standard InChI is InChI=1S/C20H19ClN2O5S2/c1-14-7-12-17(29(24,25)22-15-8-10-16(28-2)11-9-15)13-19(14)23-30(26,27)20-6-4-3-5-18(20)21/h3-13,22-23H,1-2H3. The van der Waals surface area contributed by atoms with Crippen LogP contribution in [0.4, 0.5) is 11.4 Å². The first kappa shape index (κ1) is 21.9. The van der Waals surface area contributed by atoms with E-state index in [0.717, 1.165) is 0 Å². The van der Waals surface area contributed by atoms with Gasteiger partial charge in [-0.25, -0.2) is 16.8 Å². The van der Waals surface area contributed by atoms with Crippen LogP contribution in [-0.2, 0) is 20.0 Å². The summed E-state index contributed by atoms with van der Waals surface area (Å²) in [5.41, 5.74) is 1.02. The Bertz CT molecular complexity index is 1270. The van der Waals surface area contributed by atoms with Crippen LogP contribution in [0.3, 0.4) is 0 Å². The second kappa shape index (κ2) is 8.55. The summed E-state index contributed by atoms with van der Waals surface area (Å²) in [6.45, 7) is 1.66. The summed E-state index contributed by atoms with van der Waals surface area (Å²) >= 11 is 6.00. The number of halogens is 1. The van der Waals surface area contributed by atoms with E-state index in [2.05, 4.69) is 9.44 Å². The Labute approximate surface area is 180 Å². The van der Waals surface area contributed by atoms with Gasteiger partial charge >= 0.3 is 0 Å². The molecule has 0 spiro atoms. The zero-order valence-electron chi connectivity index (χ0n) is 16.1. The topological polar surface area (TPSA) is 102 Å². The molecule has 158 valence electrons. The van der Waals surface area contributed by atoms with Gasteiger partial charge in [-0.2, -0.15) is 0 Å². The van der Waals surface area contributed by atoms with Crippen LogP contribution >= 0.6 is 11.6 Å². The third kappa shape index (κ3) is 4.86. The van der Waals surface area contributed by atoms with Crippen LogP contribution in [0.2, 0.25) is 5.02 Å². The minimum absolute atomic E-state index is 0.0626. The Hall–Kier alpha value is -2.75. The molecule has 3 aromatic carbocycles. The lowest BCUT2D eigenvalue weighted by molar-refractivity contribution is 0.415. The van der Waals surface area contributed by atoms with Gasteiger partial charge in [0.2, 0.25) is 0 Å². The number of sulfonamides is 2. The van der Waals surface area contributed by atoms with Gasteiger partial charge in [0, 0.05) is 5.69 Å². The summed E-state index contributed by atoms with van der Waals surface area (Å²) in [4.78, 5) is -0.198. The van der Waals surface area contributed by atoms with Crippen molar-refractivity contribution in [2.45, 2.75) is 16.7 Å². The Morgan fingerprint density at radius 2 is 1.50 bits per heavy atom. The fourth-order valence-corrected chi connectivity index (χ4v) is 5.34. The highest BCUT2D eigenvalue weighted by molar-refractivity contribution is 7.93. The number of aryl methyl sites for hydroxylation is 1.